The Kier molecular flexibility index (Phi) is 4.27. The third-order valence-corrected chi connectivity index (χ3v) is 3.81. The zero-order valence-corrected chi connectivity index (χ0v) is 12.2. The van der Waals surface area contributed by atoms with Gasteiger partial charge in [0.2, 0.25) is 16.0 Å². The largest absolute Gasteiger partial charge is 0.419 e. The van der Waals surface area contributed by atoms with Crippen molar-refractivity contribution in [2.45, 2.75) is 11.1 Å². The van der Waals surface area contributed by atoms with E-state index in [1.54, 1.807) is 0 Å². The Morgan fingerprint density at radius 3 is 2.00 bits per heavy atom. The van der Waals surface area contributed by atoms with Crippen molar-refractivity contribution in [3.05, 3.63) is 42.2 Å². The molecule has 2 rings (SSSR count). The lowest BCUT2D eigenvalue weighted by atomic mass is 10.3. The normalized spacial score (nSPS) is 12.2. The molecule has 0 amide bonds. The average Bonchev–Trinajstić information content (AvgIpc) is 2.45. The van der Waals surface area contributed by atoms with Crippen molar-refractivity contribution < 1.29 is 21.6 Å². The second-order valence-electron chi connectivity index (χ2n) is 4.09. The number of nitrogens with zero attached hydrogens (tertiary/aromatic N) is 3. The van der Waals surface area contributed by atoms with Crippen molar-refractivity contribution >= 4 is 33.4 Å². The van der Waals surface area contributed by atoms with Crippen molar-refractivity contribution in [2.24, 2.45) is 5.14 Å². The molecule has 0 aliphatic rings. The van der Waals surface area contributed by atoms with Crippen LogP contribution in [0.4, 0.5) is 24.8 Å². The van der Waals surface area contributed by atoms with Crippen LogP contribution >= 0.6 is 11.8 Å². The molecule has 1 aromatic carbocycles. The molecule has 0 atom stereocenters. The van der Waals surface area contributed by atoms with Crippen LogP contribution in [0, 0.1) is 0 Å². The van der Waals surface area contributed by atoms with E-state index >= 15 is 0 Å². The van der Waals surface area contributed by atoms with E-state index in [1.807, 2.05) is 0 Å². The highest BCUT2D eigenvalue weighted by Gasteiger charge is 2.31. The van der Waals surface area contributed by atoms with Gasteiger partial charge in [-0.25, -0.2) is 27.9 Å². The lowest BCUT2D eigenvalue weighted by Gasteiger charge is -2.14. The Labute approximate surface area is 128 Å². The van der Waals surface area contributed by atoms with Crippen LogP contribution in [0.1, 0.15) is 5.56 Å². The summed E-state index contributed by atoms with van der Waals surface area (Å²) < 4.78 is 60.3. The number of nitrogens with two attached hydrogens (primary N) is 1. The Morgan fingerprint density at radius 1 is 1.09 bits per heavy atom. The fourth-order valence-corrected chi connectivity index (χ4v) is 2.17. The monoisotopic (exact) mass is 352 g/mol. The highest BCUT2D eigenvalue weighted by atomic mass is 35.5. The average molecular weight is 353 g/mol. The van der Waals surface area contributed by atoms with E-state index in [2.05, 4.69) is 9.97 Å². The molecule has 0 saturated heterocycles. The molecule has 0 bridgehead atoms. The van der Waals surface area contributed by atoms with E-state index in [0.717, 1.165) is 4.42 Å². The molecule has 0 spiro atoms. The van der Waals surface area contributed by atoms with E-state index in [-0.39, 0.29) is 16.5 Å². The van der Waals surface area contributed by atoms with Crippen LogP contribution in [0.3, 0.4) is 0 Å². The van der Waals surface area contributed by atoms with Gasteiger partial charge in [-0.2, -0.15) is 13.2 Å². The quantitative estimate of drug-likeness (QED) is 0.857. The molecule has 1 heterocycles. The van der Waals surface area contributed by atoms with E-state index < -0.39 is 21.8 Å². The first-order valence-electron chi connectivity index (χ1n) is 5.57. The molecule has 0 aliphatic carbocycles. The second kappa shape index (κ2) is 5.71. The van der Waals surface area contributed by atoms with Crippen molar-refractivity contribution in [1.29, 1.82) is 0 Å². The molecule has 118 valence electrons. The summed E-state index contributed by atoms with van der Waals surface area (Å²) in [6, 6.07) is 5.02. The zero-order valence-electron chi connectivity index (χ0n) is 10.6. The Hall–Kier alpha value is -1.91. The Balaban J connectivity index is 2.26. The van der Waals surface area contributed by atoms with Crippen molar-refractivity contribution in [1.82, 2.24) is 9.97 Å². The molecule has 11 heteroatoms. The van der Waals surface area contributed by atoms with Crippen molar-refractivity contribution in [3.63, 3.8) is 0 Å². The van der Waals surface area contributed by atoms with Gasteiger partial charge in [0.25, 0.3) is 0 Å². The second-order valence-corrected chi connectivity index (χ2v) is 5.99. The molecule has 6 nitrogen and oxygen atoms in total. The third kappa shape index (κ3) is 3.64. The summed E-state index contributed by atoms with van der Waals surface area (Å²) in [6.45, 7) is 0. The van der Waals surface area contributed by atoms with Gasteiger partial charge in [0.1, 0.15) is 0 Å². The van der Waals surface area contributed by atoms with Gasteiger partial charge in [0.05, 0.1) is 16.1 Å². The van der Waals surface area contributed by atoms with Gasteiger partial charge < -0.3 is 0 Å². The lowest BCUT2D eigenvalue weighted by molar-refractivity contribution is -0.138. The summed E-state index contributed by atoms with van der Waals surface area (Å²) in [5.74, 6) is -0.196. The zero-order chi connectivity index (χ0) is 16.5. The lowest BCUT2D eigenvalue weighted by Crippen LogP contribution is -2.13. The van der Waals surface area contributed by atoms with E-state index in [9.17, 15) is 21.6 Å². The van der Waals surface area contributed by atoms with E-state index in [1.165, 1.54) is 24.3 Å². The number of aromatic nitrogens is 2. The summed E-state index contributed by atoms with van der Waals surface area (Å²) in [7, 11) is -3.85. The van der Waals surface area contributed by atoms with Gasteiger partial charge in [-0.05, 0) is 24.3 Å². The van der Waals surface area contributed by atoms with Crippen LogP contribution in [0.25, 0.3) is 0 Å². The third-order valence-electron chi connectivity index (χ3n) is 2.53. The highest BCUT2D eigenvalue weighted by Crippen LogP contribution is 2.30. The fraction of sp³-hybridized carbons (Fsp3) is 0.0909. The minimum atomic E-state index is -4.55. The van der Waals surface area contributed by atoms with Gasteiger partial charge >= 0.3 is 6.18 Å². The van der Waals surface area contributed by atoms with Crippen LogP contribution < -0.4 is 9.56 Å². The first kappa shape index (κ1) is 16.5. The van der Waals surface area contributed by atoms with E-state index in [0.29, 0.717) is 12.4 Å². The van der Waals surface area contributed by atoms with E-state index in [4.69, 9.17) is 16.9 Å². The predicted octanol–water partition coefficient (Wildman–Crippen LogP) is 2.43. The van der Waals surface area contributed by atoms with Gasteiger partial charge in [-0.1, -0.05) is 0 Å². The van der Waals surface area contributed by atoms with Crippen LogP contribution in [0.15, 0.2) is 41.6 Å². The maximum Gasteiger partial charge on any atom is 0.419 e. The van der Waals surface area contributed by atoms with Crippen molar-refractivity contribution in [3.8, 4) is 0 Å². The predicted molar refractivity (Wildman–Crippen MR) is 72.8 cm³/mol. The van der Waals surface area contributed by atoms with Crippen LogP contribution in [-0.4, -0.2) is 18.4 Å². The van der Waals surface area contributed by atoms with Crippen LogP contribution in [0.2, 0.25) is 0 Å². The maximum atomic E-state index is 12.4. The van der Waals surface area contributed by atoms with Gasteiger partial charge in [0, 0.05) is 24.2 Å². The molecule has 2 N–H and O–H groups in total. The van der Waals surface area contributed by atoms with Crippen LogP contribution in [0.5, 0.6) is 0 Å². The topological polar surface area (TPSA) is 89.2 Å². The van der Waals surface area contributed by atoms with Gasteiger partial charge in [0.15, 0.2) is 0 Å². The molecular weight excluding hydrogens is 345 g/mol. The summed E-state index contributed by atoms with van der Waals surface area (Å²) >= 11 is 5.91. The summed E-state index contributed by atoms with van der Waals surface area (Å²) in [6.07, 6.45) is -3.36. The summed E-state index contributed by atoms with van der Waals surface area (Å²) in [4.78, 5) is 6.90. The number of sulfonamides is 1. The van der Waals surface area contributed by atoms with Crippen LogP contribution in [-0.2, 0) is 16.2 Å². The number of rotatable bonds is 3. The molecule has 1 aromatic heterocycles. The first-order chi connectivity index (χ1) is 10.1. The minimum Gasteiger partial charge on any atom is -0.225 e. The molecule has 0 aliphatic heterocycles. The summed E-state index contributed by atoms with van der Waals surface area (Å²) in [5, 5.41) is 4.95. The maximum absolute atomic E-state index is 12.4. The number of hydrogen-bond donors (Lipinski definition) is 1. The molecule has 2 aromatic rings. The number of benzene rings is 1. The highest BCUT2D eigenvalue weighted by molar-refractivity contribution is 7.89. The number of alkyl halides is 3. The number of hydrogen-bond acceptors (Lipinski definition) is 5. The molecule has 0 unspecified atom stereocenters. The van der Waals surface area contributed by atoms with Crippen molar-refractivity contribution in [2.75, 3.05) is 4.42 Å². The number of anilines is 2. The minimum absolute atomic E-state index is 0.130. The first-order valence-corrected chi connectivity index (χ1v) is 7.45. The molecule has 0 saturated carbocycles. The smallest absolute Gasteiger partial charge is 0.225 e. The molecule has 22 heavy (non-hydrogen) atoms. The molecule has 0 radical (unpaired) electrons. The number of primary sulfonamides is 1. The Bertz CT molecular complexity index is 763. The van der Waals surface area contributed by atoms with Gasteiger partial charge in [-0.3, -0.25) is 0 Å². The molecule has 0 fully saturated rings. The number of halogens is 4. The summed E-state index contributed by atoms with van der Waals surface area (Å²) in [5.41, 5.74) is -0.750. The Morgan fingerprint density at radius 2 is 1.59 bits per heavy atom. The fourth-order valence-electron chi connectivity index (χ4n) is 1.45. The molecular formula is C11H8ClF3N4O2S. The van der Waals surface area contributed by atoms with Gasteiger partial charge in [-0.15, -0.1) is 0 Å². The SMILES string of the molecule is NS(=O)(=O)c1ccc(N(Cl)c2ncc(C(F)(F)F)cn2)cc1. The standard InChI is InChI=1S/C11H8ClF3N4O2S/c12-19(8-1-3-9(4-2-8)22(16,20)21)10-17-5-7(6-18-10)11(13,14)15/h1-6H,(H2,16,20,21).